The molecule has 2 heterocycles. The van der Waals surface area contributed by atoms with Gasteiger partial charge in [-0.05, 0) is 53.1 Å². The molecule has 0 aliphatic carbocycles. The molecule has 0 spiro atoms. The molecule has 0 saturated heterocycles. The van der Waals surface area contributed by atoms with Crippen LogP contribution < -0.4 is 24.3 Å². The van der Waals surface area contributed by atoms with Gasteiger partial charge in [0.05, 0.1) is 23.8 Å². The van der Waals surface area contributed by atoms with Gasteiger partial charge in [0, 0.05) is 6.92 Å². The molecule has 38 heavy (non-hydrogen) atoms. The molecular formula is C29H27N3O5S. The van der Waals surface area contributed by atoms with Crippen LogP contribution in [-0.2, 0) is 4.79 Å². The van der Waals surface area contributed by atoms with Gasteiger partial charge < -0.3 is 14.2 Å². The third kappa shape index (κ3) is 5.24. The molecule has 0 fully saturated rings. The van der Waals surface area contributed by atoms with Crippen LogP contribution in [0.15, 0.2) is 59.4 Å². The second-order valence-corrected chi connectivity index (χ2v) is 9.81. The summed E-state index contributed by atoms with van der Waals surface area (Å²) in [6.45, 7) is 4.12. The minimum atomic E-state index is -0.447. The Balaban J connectivity index is 1.49. The molecule has 0 atom stereocenters. The minimum absolute atomic E-state index is 0.280. The van der Waals surface area contributed by atoms with Crippen LogP contribution in [0.3, 0.4) is 0 Å². The summed E-state index contributed by atoms with van der Waals surface area (Å²) in [5.74, 6) is 1.50. The Morgan fingerprint density at radius 3 is 2.53 bits per heavy atom. The normalized spacial score (nSPS) is 11.8. The number of carbonyl (C=O) groups excluding carboxylic acids is 1. The number of methoxy groups -OCH3 is 1. The molecule has 0 amide bonds. The van der Waals surface area contributed by atoms with Crippen LogP contribution in [0.5, 0.6) is 17.2 Å². The third-order valence-electron chi connectivity index (χ3n) is 6.02. The van der Waals surface area contributed by atoms with Gasteiger partial charge in [0.1, 0.15) is 5.75 Å². The quantitative estimate of drug-likeness (QED) is 0.150. The van der Waals surface area contributed by atoms with Crippen LogP contribution in [0.1, 0.15) is 38.7 Å². The monoisotopic (exact) mass is 529 g/mol. The van der Waals surface area contributed by atoms with Crippen LogP contribution in [0.4, 0.5) is 0 Å². The molecule has 5 rings (SSSR count). The highest BCUT2D eigenvalue weighted by molar-refractivity contribution is 7.15. The van der Waals surface area contributed by atoms with Crippen molar-refractivity contribution in [3.05, 3.63) is 75.0 Å². The lowest BCUT2D eigenvalue weighted by atomic mass is 10.1. The van der Waals surface area contributed by atoms with Gasteiger partial charge in [0.2, 0.25) is 4.96 Å². The zero-order valence-electron chi connectivity index (χ0n) is 21.4. The Bertz CT molecular complexity index is 1740. The smallest absolute Gasteiger partial charge is 0.308 e. The Hall–Kier alpha value is -4.24. The topological polar surface area (TPSA) is 92.0 Å². The SMILES string of the molecule is CCCCCOc1ccc(/C=c2/sc3nc(-c4cc5ccccc5cc4OC(C)=O)nn3c2=O)cc1OC. The second kappa shape index (κ2) is 11.0. The van der Waals surface area contributed by atoms with Crippen molar-refractivity contribution < 1.29 is 19.0 Å². The van der Waals surface area contributed by atoms with Crippen molar-refractivity contribution in [1.82, 2.24) is 14.6 Å². The number of esters is 1. The highest BCUT2D eigenvalue weighted by Crippen LogP contribution is 2.33. The van der Waals surface area contributed by atoms with E-state index in [2.05, 4.69) is 17.0 Å². The van der Waals surface area contributed by atoms with Gasteiger partial charge in [0.15, 0.2) is 17.3 Å². The number of benzene rings is 3. The third-order valence-corrected chi connectivity index (χ3v) is 6.97. The van der Waals surface area contributed by atoms with Gasteiger partial charge in [0.25, 0.3) is 5.56 Å². The van der Waals surface area contributed by atoms with Crippen LogP contribution in [0.25, 0.3) is 33.2 Å². The van der Waals surface area contributed by atoms with Gasteiger partial charge in [-0.25, -0.2) is 0 Å². The highest BCUT2D eigenvalue weighted by Gasteiger charge is 2.18. The first-order valence-corrected chi connectivity index (χ1v) is 13.2. The van der Waals surface area contributed by atoms with Gasteiger partial charge in [-0.2, -0.15) is 9.50 Å². The van der Waals surface area contributed by atoms with Crippen molar-refractivity contribution in [2.45, 2.75) is 33.1 Å². The first kappa shape index (κ1) is 25.4. The lowest BCUT2D eigenvalue weighted by Gasteiger charge is -2.11. The van der Waals surface area contributed by atoms with E-state index >= 15 is 0 Å². The number of thiazole rings is 1. The predicted octanol–water partition coefficient (Wildman–Crippen LogP) is 5.02. The van der Waals surface area contributed by atoms with E-state index < -0.39 is 5.97 Å². The summed E-state index contributed by atoms with van der Waals surface area (Å²) < 4.78 is 18.6. The Morgan fingerprint density at radius 1 is 1.03 bits per heavy atom. The standard InChI is InChI=1S/C29H27N3O5S/c1-4-5-8-13-36-23-12-11-19(14-25(23)35-3)15-26-28(34)32-29(38-26)30-27(31-32)22-16-20-9-6-7-10-21(20)17-24(22)37-18(2)33/h6-7,9-12,14-17H,4-5,8,13H2,1-3H3/b26-15+. The zero-order chi connectivity index (χ0) is 26.6. The van der Waals surface area contributed by atoms with Gasteiger partial charge >= 0.3 is 5.97 Å². The van der Waals surface area contributed by atoms with E-state index in [1.165, 1.54) is 22.8 Å². The summed E-state index contributed by atoms with van der Waals surface area (Å²) in [7, 11) is 1.60. The summed E-state index contributed by atoms with van der Waals surface area (Å²) >= 11 is 1.24. The average Bonchev–Trinajstić information content (AvgIpc) is 3.45. The van der Waals surface area contributed by atoms with E-state index in [-0.39, 0.29) is 5.56 Å². The van der Waals surface area contributed by atoms with Crippen molar-refractivity contribution in [3.63, 3.8) is 0 Å². The maximum atomic E-state index is 13.2. The van der Waals surface area contributed by atoms with Crippen molar-refractivity contribution in [2.75, 3.05) is 13.7 Å². The number of fused-ring (bicyclic) bond motifs is 2. The number of rotatable bonds is 9. The minimum Gasteiger partial charge on any atom is -0.493 e. The number of ether oxygens (including phenoxy) is 3. The largest absolute Gasteiger partial charge is 0.493 e. The second-order valence-electron chi connectivity index (χ2n) is 8.80. The highest BCUT2D eigenvalue weighted by atomic mass is 32.1. The molecule has 9 heteroatoms. The van der Waals surface area contributed by atoms with Gasteiger partial charge in [-0.3, -0.25) is 9.59 Å². The molecule has 0 unspecified atom stereocenters. The predicted molar refractivity (Wildman–Crippen MR) is 148 cm³/mol. The molecular weight excluding hydrogens is 502 g/mol. The maximum absolute atomic E-state index is 13.2. The fourth-order valence-corrected chi connectivity index (χ4v) is 5.07. The molecule has 0 bridgehead atoms. The molecule has 0 radical (unpaired) electrons. The van der Waals surface area contributed by atoms with Crippen LogP contribution in [-0.4, -0.2) is 34.3 Å². The molecule has 5 aromatic rings. The van der Waals surface area contributed by atoms with E-state index in [1.807, 2.05) is 48.5 Å². The van der Waals surface area contributed by atoms with Crippen molar-refractivity contribution in [3.8, 4) is 28.6 Å². The maximum Gasteiger partial charge on any atom is 0.308 e. The number of unbranched alkanes of at least 4 members (excludes halogenated alkanes) is 2. The summed E-state index contributed by atoms with van der Waals surface area (Å²) in [4.78, 5) is 29.9. The van der Waals surface area contributed by atoms with Crippen LogP contribution in [0, 0.1) is 0 Å². The Morgan fingerprint density at radius 2 is 1.82 bits per heavy atom. The molecule has 8 nitrogen and oxygen atoms in total. The molecule has 0 aliphatic rings. The number of hydrogen-bond donors (Lipinski definition) is 0. The fourth-order valence-electron chi connectivity index (χ4n) is 4.16. The molecule has 2 aromatic heterocycles. The molecule has 0 aliphatic heterocycles. The lowest BCUT2D eigenvalue weighted by Crippen LogP contribution is -2.23. The summed E-state index contributed by atoms with van der Waals surface area (Å²) in [6.07, 6.45) is 5.01. The molecule has 0 N–H and O–H groups in total. The Kier molecular flexibility index (Phi) is 7.37. The molecule has 3 aromatic carbocycles. The van der Waals surface area contributed by atoms with Crippen molar-refractivity contribution in [1.29, 1.82) is 0 Å². The summed E-state index contributed by atoms with van der Waals surface area (Å²) in [5.41, 5.74) is 1.06. The lowest BCUT2D eigenvalue weighted by molar-refractivity contribution is -0.131. The van der Waals surface area contributed by atoms with Crippen LogP contribution in [0.2, 0.25) is 0 Å². The first-order valence-electron chi connectivity index (χ1n) is 12.4. The van der Waals surface area contributed by atoms with E-state index in [1.54, 1.807) is 19.3 Å². The van der Waals surface area contributed by atoms with E-state index in [4.69, 9.17) is 14.2 Å². The molecule has 194 valence electrons. The van der Waals surface area contributed by atoms with Crippen molar-refractivity contribution >= 4 is 39.1 Å². The zero-order valence-corrected chi connectivity index (χ0v) is 22.2. The first-order chi connectivity index (χ1) is 18.5. The molecule has 0 saturated carbocycles. The summed E-state index contributed by atoms with van der Waals surface area (Å²) in [6, 6.07) is 17.0. The fraction of sp³-hybridized carbons (Fsp3) is 0.241. The van der Waals surface area contributed by atoms with Gasteiger partial charge in [-0.1, -0.05) is 61.4 Å². The van der Waals surface area contributed by atoms with Crippen LogP contribution >= 0.6 is 11.3 Å². The van der Waals surface area contributed by atoms with Gasteiger partial charge in [-0.15, -0.1) is 5.10 Å². The number of nitrogens with zero attached hydrogens (tertiary/aromatic N) is 3. The average molecular weight is 530 g/mol. The van der Waals surface area contributed by atoms with E-state index in [0.29, 0.717) is 44.7 Å². The van der Waals surface area contributed by atoms with E-state index in [0.717, 1.165) is 35.6 Å². The number of aromatic nitrogens is 3. The Labute approximate surface area is 223 Å². The number of carbonyl (C=O) groups is 1. The van der Waals surface area contributed by atoms with E-state index in [9.17, 15) is 9.59 Å². The summed E-state index contributed by atoms with van der Waals surface area (Å²) in [5, 5.41) is 6.33. The van der Waals surface area contributed by atoms with Crippen molar-refractivity contribution in [2.24, 2.45) is 0 Å². The number of hydrogen-bond acceptors (Lipinski definition) is 8.